The van der Waals surface area contributed by atoms with Crippen molar-refractivity contribution in [3.05, 3.63) is 71.3 Å². The van der Waals surface area contributed by atoms with Crippen molar-refractivity contribution in [1.29, 1.82) is 5.26 Å². The number of benzene rings is 2. The highest BCUT2D eigenvalue weighted by Gasteiger charge is 2.30. The van der Waals surface area contributed by atoms with E-state index in [1.165, 1.54) is 5.56 Å². The zero-order chi connectivity index (χ0) is 13.9. The van der Waals surface area contributed by atoms with Crippen LogP contribution in [0, 0.1) is 11.3 Å². The van der Waals surface area contributed by atoms with E-state index >= 15 is 0 Å². The number of hydrazone groups is 1. The first-order valence-electron chi connectivity index (χ1n) is 6.68. The first kappa shape index (κ1) is 12.4. The molecule has 3 nitrogen and oxygen atoms in total. The Hall–Kier alpha value is -2.60. The second-order valence-electron chi connectivity index (χ2n) is 4.99. The monoisotopic (exact) mass is 261 g/mol. The zero-order valence-corrected chi connectivity index (χ0v) is 11.2. The average Bonchev–Trinajstić information content (AvgIpc) is 2.90. The van der Waals surface area contributed by atoms with Gasteiger partial charge in [-0.15, -0.1) is 0 Å². The summed E-state index contributed by atoms with van der Waals surface area (Å²) < 4.78 is 0. The molecular weight excluding hydrogens is 246 g/mol. The molecule has 1 N–H and O–H groups in total. The number of rotatable bonds is 2. The third-order valence-electron chi connectivity index (χ3n) is 3.65. The van der Waals surface area contributed by atoms with E-state index < -0.39 is 0 Å². The van der Waals surface area contributed by atoms with Crippen molar-refractivity contribution >= 4 is 5.71 Å². The van der Waals surface area contributed by atoms with Gasteiger partial charge in [0.05, 0.1) is 29.3 Å². The van der Waals surface area contributed by atoms with Crippen LogP contribution in [-0.4, -0.2) is 11.8 Å². The molecule has 0 spiro atoms. The van der Waals surface area contributed by atoms with Crippen molar-refractivity contribution in [2.75, 3.05) is 0 Å². The number of hydrogen-bond donors (Lipinski definition) is 1. The number of nitrogens with one attached hydrogen (secondary N) is 1. The van der Waals surface area contributed by atoms with E-state index in [0.717, 1.165) is 11.3 Å². The summed E-state index contributed by atoms with van der Waals surface area (Å²) in [5.41, 5.74) is 7.20. The minimum Gasteiger partial charge on any atom is -0.306 e. The predicted molar refractivity (Wildman–Crippen MR) is 79.5 cm³/mol. The van der Waals surface area contributed by atoms with Gasteiger partial charge in [0.1, 0.15) is 0 Å². The first-order valence-corrected chi connectivity index (χ1v) is 6.68. The Balaban J connectivity index is 1.97. The van der Waals surface area contributed by atoms with E-state index in [2.05, 4.69) is 47.8 Å². The molecule has 2 aromatic rings. The molecule has 3 heteroatoms. The van der Waals surface area contributed by atoms with Crippen molar-refractivity contribution in [3.8, 4) is 6.07 Å². The Morgan fingerprint density at radius 1 is 1.05 bits per heavy atom. The SMILES string of the molecule is CC1NN=C(c2ccc(C#N)cc2)C1c1ccccc1. The lowest BCUT2D eigenvalue weighted by Crippen LogP contribution is -2.24. The fourth-order valence-electron chi connectivity index (χ4n) is 2.62. The molecule has 2 aromatic carbocycles. The van der Waals surface area contributed by atoms with Gasteiger partial charge in [0.25, 0.3) is 0 Å². The summed E-state index contributed by atoms with van der Waals surface area (Å²) >= 11 is 0. The van der Waals surface area contributed by atoms with Crippen molar-refractivity contribution < 1.29 is 0 Å². The van der Waals surface area contributed by atoms with Gasteiger partial charge in [-0.25, -0.2) is 0 Å². The maximum atomic E-state index is 8.87. The number of nitrogens with zero attached hydrogens (tertiary/aromatic N) is 2. The van der Waals surface area contributed by atoms with E-state index in [9.17, 15) is 0 Å². The standard InChI is InChI=1S/C17H15N3/c1-12-16(14-5-3-2-4-6-14)17(20-19-12)15-9-7-13(11-18)8-10-15/h2-10,12,16,19H,1H3. The summed E-state index contributed by atoms with van der Waals surface area (Å²) in [4.78, 5) is 0. The third kappa shape index (κ3) is 2.17. The maximum Gasteiger partial charge on any atom is 0.0991 e. The average molecular weight is 261 g/mol. The highest BCUT2D eigenvalue weighted by Crippen LogP contribution is 2.28. The van der Waals surface area contributed by atoms with E-state index in [4.69, 9.17) is 5.26 Å². The van der Waals surface area contributed by atoms with Crippen molar-refractivity contribution in [3.63, 3.8) is 0 Å². The number of nitriles is 1. The van der Waals surface area contributed by atoms with Gasteiger partial charge in [0.2, 0.25) is 0 Å². The van der Waals surface area contributed by atoms with E-state index in [0.29, 0.717) is 5.56 Å². The van der Waals surface area contributed by atoms with Crippen molar-refractivity contribution in [2.45, 2.75) is 18.9 Å². The molecule has 0 aliphatic carbocycles. The van der Waals surface area contributed by atoms with Gasteiger partial charge in [-0.05, 0) is 30.2 Å². The molecule has 2 unspecified atom stereocenters. The highest BCUT2D eigenvalue weighted by atomic mass is 15.3. The van der Waals surface area contributed by atoms with Gasteiger partial charge in [0, 0.05) is 0 Å². The van der Waals surface area contributed by atoms with E-state index in [1.54, 1.807) is 0 Å². The van der Waals surface area contributed by atoms with Crippen LogP contribution in [0.3, 0.4) is 0 Å². The van der Waals surface area contributed by atoms with Gasteiger partial charge in [-0.3, -0.25) is 0 Å². The number of hydrogen-bond acceptors (Lipinski definition) is 3. The van der Waals surface area contributed by atoms with E-state index in [1.807, 2.05) is 30.3 Å². The summed E-state index contributed by atoms with van der Waals surface area (Å²) in [5.74, 6) is 0.240. The van der Waals surface area contributed by atoms with Crippen LogP contribution in [-0.2, 0) is 0 Å². The lowest BCUT2D eigenvalue weighted by atomic mass is 9.86. The molecule has 0 saturated carbocycles. The van der Waals surface area contributed by atoms with Crippen LogP contribution in [0.1, 0.15) is 29.5 Å². The molecule has 0 aromatic heterocycles. The molecule has 3 rings (SSSR count). The lowest BCUT2D eigenvalue weighted by Gasteiger charge is -2.17. The van der Waals surface area contributed by atoms with Crippen LogP contribution in [0.2, 0.25) is 0 Å². The summed E-state index contributed by atoms with van der Waals surface area (Å²) in [6.07, 6.45) is 0. The smallest absolute Gasteiger partial charge is 0.0991 e. The normalized spacial score (nSPS) is 20.9. The van der Waals surface area contributed by atoms with Gasteiger partial charge >= 0.3 is 0 Å². The zero-order valence-electron chi connectivity index (χ0n) is 11.2. The van der Waals surface area contributed by atoms with Crippen LogP contribution >= 0.6 is 0 Å². The molecule has 20 heavy (non-hydrogen) atoms. The first-order chi connectivity index (χ1) is 9.79. The minimum absolute atomic E-state index is 0.240. The molecule has 0 radical (unpaired) electrons. The van der Waals surface area contributed by atoms with Gasteiger partial charge in [0.15, 0.2) is 0 Å². The van der Waals surface area contributed by atoms with Crippen LogP contribution in [0.15, 0.2) is 59.7 Å². The quantitative estimate of drug-likeness (QED) is 0.903. The fourth-order valence-corrected chi connectivity index (χ4v) is 2.62. The largest absolute Gasteiger partial charge is 0.306 e. The lowest BCUT2D eigenvalue weighted by molar-refractivity contribution is 0.589. The summed E-state index contributed by atoms with van der Waals surface area (Å²) in [5, 5.41) is 13.4. The predicted octanol–water partition coefficient (Wildman–Crippen LogP) is 3.04. The van der Waals surface area contributed by atoms with Gasteiger partial charge in [-0.1, -0.05) is 42.5 Å². The second kappa shape index (κ2) is 5.18. The highest BCUT2D eigenvalue weighted by molar-refractivity contribution is 6.06. The Morgan fingerprint density at radius 3 is 2.40 bits per heavy atom. The molecule has 98 valence electrons. The van der Waals surface area contributed by atoms with Crippen LogP contribution < -0.4 is 5.43 Å². The van der Waals surface area contributed by atoms with Crippen LogP contribution in [0.5, 0.6) is 0 Å². The summed E-state index contributed by atoms with van der Waals surface area (Å²) in [7, 11) is 0. The Bertz CT molecular complexity index is 666. The molecule has 1 aliphatic rings. The van der Waals surface area contributed by atoms with E-state index in [-0.39, 0.29) is 12.0 Å². The fraction of sp³-hybridized carbons (Fsp3) is 0.176. The summed E-state index contributed by atoms with van der Waals surface area (Å²) in [6, 6.07) is 20.4. The molecule has 0 saturated heterocycles. The maximum absolute atomic E-state index is 8.87. The second-order valence-corrected chi connectivity index (χ2v) is 4.99. The van der Waals surface area contributed by atoms with Crippen molar-refractivity contribution in [2.24, 2.45) is 5.10 Å². The Kier molecular flexibility index (Phi) is 3.22. The topological polar surface area (TPSA) is 48.2 Å². The Morgan fingerprint density at radius 2 is 1.75 bits per heavy atom. The minimum atomic E-state index is 0.240. The van der Waals surface area contributed by atoms with Crippen LogP contribution in [0.25, 0.3) is 0 Å². The van der Waals surface area contributed by atoms with Gasteiger partial charge in [-0.2, -0.15) is 10.4 Å². The van der Waals surface area contributed by atoms with Crippen molar-refractivity contribution in [1.82, 2.24) is 5.43 Å². The molecule has 1 heterocycles. The molecule has 2 atom stereocenters. The molecule has 1 aliphatic heterocycles. The van der Waals surface area contributed by atoms with Crippen LogP contribution in [0.4, 0.5) is 0 Å². The molecular formula is C17H15N3. The van der Waals surface area contributed by atoms with Gasteiger partial charge < -0.3 is 5.43 Å². The summed E-state index contributed by atoms with van der Waals surface area (Å²) in [6.45, 7) is 2.14. The Labute approximate surface area is 118 Å². The molecule has 0 bridgehead atoms. The molecule has 0 amide bonds. The molecule has 0 fully saturated rings. The third-order valence-corrected chi connectivity index (χ3v) is 3.65.